The fraction of sp³-hybridized carbons (Fsp3) is 0.727. The summed E-state index contributed by atoms with van der Waals surface area (Å²) in [4.78, 5) is 35.7. The van der Waals surface area contributed by atoms with E-state index in [-0.39, 0.29) is 13.0 Å². The van der Waals surface area contributed by atoms with Crippen molar-refractivity contribution in [1.82, 2.24) is 10.2 Å². The van der Waals surface area contributed by atoms with E-state index >= 15 is 0 Å². The van der Waals surface area contributed by atoms with Gasteiger partial charge in [-0.1, -0.05) is 0 Å². The summed E-state index contributed by atoms with van der Waals surface area (Å²) in [6, 6.07) is 0. The SMILES string of the molecule is CC1(C)C(=O)NC(=O)CN1C(=O)CCOCC(F)(F)F. The van der Waals surface area contributed by atoms with E-state index in [0.29, 0.717) is 0 Å². The average molecular weight is 296 g/mol. The highest BCUT2D eigenvalue weighted by Gasteiger charge is 2.43. The maximum atomic E-state index is 11.9. The highest BCUT2D eigenvalue weighted by Crippen LogP contribution is 2.19. The number of carbonyl (C=O) groups is 3. The zero-order valence-corrected chi connectivity index (χ0v) is 11.0. The molecule has 114 valence electrons. The van der Waals surface area contributed by atoms with E-state index in [1.165, 1.54) is 13.8 Å². The minimum Gasteiger partial charge on any atom is -0.372 e. The molecule has 1 rings (SSSR count). The van der Waals surface area contributed by atoms with Gasteiger partial charge in [-0.3, -0.25) is 19.7 Å². The number of rotatable bonds is 4. The molecular formula is C11H15F3N2O4. The largest absolute Gasteiger partial charge is 0.411 e. The van der Waals surface area contributed by atoms with Gasteiger partial charge in [0.1, 0.15) is 18.7 Å². The third kappa shape index (κ3) is 4.19. The normalized spacial score (nSPS) is 18.9. The van der Waals surface area contributed by atoms with Gasteiger partial charge in [-0.25, -0.2) is 0 Å². The Hall–Kier alpha value is -1.64. The number of nitrogens with zero attached hydrogens (tertiary/aromatic N) is 1. The second kappa shape index (κ2) is 5.78. The Kier molecular flexibility index (Phi) is 4.74. The molecule has 0 unspecified atom stereocenters. The number of hydrogen-bond donors (Lipinski definition) is 1. The average Bonchev–Trinajstić information content (AvgIpc) is 2.28. The molecule has 1 aliphatic heterocycles. The number of ether oxygens (including phenoxy) is 1. The Bertz CT molecular complexity index is 420. The fourth-order valence-corrected chi connectivity index (χ4v) is 1.67. The Morgan fingerprint density at radius 3 is 2.55 bits per heavy atom. The zero-order chi connectivity index (χ0) is 15.6. The third-order valence-corrected chi connectivity index (χ3v) is 2.81. The van der Waals surface area contributed by atoms with Crippen LogP contribution in [0.2, 0.25) is 0 Å². The first-order valence-electron chi connectivity index (χ1n) is 5.83. The van der Waals surface area contributed by atoms with Crippen LogP contribution >= 0.6 is 0 Å². The molecular weight excluding hydrogens is 281 g/mol. The number of alkyl halides is 3. The van der Waals surface area contributed by atoms with Gasteiger partial charge in [0.25, 0.3) is 5.91 Å². The smallest absolute Gasteiger partial charge is 0.372 e. The van der Waals surface area contributed by atoms with Crippen molar-refractivity contribution in [2.75, 3.05) is 19.8 Å². The number of carbonyl (C=O) groups excluding carboxylic acids is 3. The van der Waals surface area contributed by atoms with Crippen LogP contribution in [0.1, 0.15) is 20.3 Å². The molecule has 0 bridgehead atoms. The number of piperazine rings is 1. The van der Waals surface area contributed by atoms with Crippen molar-refractivity contribution in [2.45, 2.75) is 32.0 Å². The molecule has 0 spiro atoms. The Labute approximate surface area is 113 Å². The lowest BCUT2D eigenvalue weighted by molar-refractivity contribution is -0.176. The molecule has 0 atom stereocenters. The topological polar surface area (TPSA) is 75.7 Å². The number of nitrogens with one attached hydrogen (secondary N) is 1. The number of amides is 3. The molecule has 1 heterocycles. The number of halogens is 3. The highest BCUT2D eigenvalue weighted by atomic mass is 19.4. The molecule has 0 aromatic heterocycles. The van der Waals surface area contributed by atoms with Gasteiger partial charge in [-0.15, -0.1) is 0 Å². The molecule has 1 saturated heterocycles. The number of imide groups is 1. The van der Waals surface area contributed by atoms with Crippen molar-refractivity contribution < 1.29 is 32.3 Å². The second-order valence-corrected chi connectivity index (χ2v) is 4.83. The first-order valence-corrected chi connectivity index (χ1v) is 5.83. The van der Waals surface area contributed by atoms with E-state index < -0.39 is 42.7 Å². The van der Waals surface area contributed by atoms with Crippen molar-refractivity contribution in [3.05, 3.63) is 0 Å². The standard InChI is InChI=1S/C11H15F3N2O4/c1-10(2)9(19)15-7(17)5-16(10)8(18)3-4-20-6-11(12,13)14/h3-6H2,1-2H3,(H,15,17,19). The summed E-state index contributed by atoms with van der Waals surface area (Å²) in [6.07, 6.45) is -4.79. The molecule has 1 N–H and O–H groups in total. The van der Waals surface area contributed by atoms with Crippen LogP contribution in [0.15, 0.2) is 0 Å². The van der Waals surface area contributed by atoms with E-state index in [0.717, 1.165) is 4.90 Å². The van der Waals surface area contributed by atoms with Crippen LogP contribution in [0.25, 0.3) is 0 Å². The first kappa shape index (κ1) is 16.4. The minimum atomic E-state index is -4.46. The zero-order valence-electron chi connectivity index (χ0n) is 11.0. The monoisotopic (exact) mass is 296 g/mol. The summed E-state index contributed by atoms with van der Waals surface area (Å²) in [6.45, 7) is 0.715. The van der Waals surface area contributed by atoms with Gasteiger partial charge in [0, 0.05) is 0 Å². The molecule has 0 aromatic carbocycles. The quantitative estimate of drug-likeness (QED) is 0.595. The van der Waals surface area contributed by atoms with Gasteiger partial charge in [-0.2, -0.15) is 13.2 Å². The molecule has 1 fully saturated rings. The van der Waals surface area contributed by atoms with E-state index in [2.05, 4.69) is 10.1 Å². The maximum Gasteiger partial charge on any atom is 0.411 e. The Morgan fingerprint density at radius 1 is 1.40 bits per heavy atom. The lowest BCUT2D eigenvalue weighted by Crippen LogP contribution is -2.65. The van der Waals surface area contributed by atoms with Crippen molar-refractivity contribution in [1.29, 1.82) is 0 Å². The van der Waals surface area contributed by atoms with Crippen molar-refractivity contribution in [3.8, 4) is 0 Å². The van der Waals surface area contributed by atoms with E-state index in [9.17, 15) is 27.6 Å². The van der Waals surface area contributed by atoms with Crippen LogP contribution in [0.4, 0.5) is 13.2 Å². The lowest BCUT2D eigenvalue weighted by Gasteiger charge is -2.40. The summed E-state index contributed by atoms with van der Waals surface area (Å²) in [5.41, 5.74) is -1.23. The summed E-state index contributed by atoms with van der Waals surface area (Å²) >= 11 is 0. The molecule has 0 saturated carbocycles. The summed E-state index contributed by atoms with van der Waals surface area (Å²) in [5.74, 6) is -1.86. The Balaban J connectivity index is 2.53. The van der Waals surface area contributed by atoms with Crippen molar-refractivity contribution >= 4 is 17.7 Å². The van der Waals surface area contributed by atoms with E-state index in [1.807, 2.05) is 0 Å². The lowest BCUT2D eigenvalue weighted by atomic mass is 9.98. The molecule has 6 nitrogen and oxygen atoms in total. The van der Waals surface area contributed by atoms with Crippen LogP contribution < -0.4 is 5.32 Å². The summed E-state index contributed by atoms with van der Waals surface area (Å²) in [5, 5.41) is 2.09. The molecule has 1 aliphatic rings. The molecule has 9 heteroatoms. The summed E-state index contributed by atoms with van der Waals surface area (Å²) in [7, 11) is 0. The summed E-state index contributed by atoms with van der Waals surface area (Å²) < 4.78 is 39.9. The molecule has 0 radical (unpaired) electrons. The van der Waals surface area contributed by atoms with Gasteiger partial charge in [0.15, 0.2) is 0 Å². The predicted molar refractivity (Wildman–Crippen MR) is 60.4 cm³/mol. The van der Waals surface area contributed by atoms with Crippen LogP contribution in [0.3, 0.4) is 0 Å². The second-order valence-electron chi connectivity index (χ2n) is 4.83. The van der Waals surface area contributed by atoms with Gasteiger partial charge in [0.05, 0.1) is 13.0 Å². The molecule has 20 heavy (non-hydrogen) atoms. The van der Waals surface area contributed by atoms with Crippen LogP contribution in [0.5, 0.6) is 0 Å². The van der Waals surface area contributed by atoms with Gasteiger partial charge in [0.2, 0.25) is 11.8 Å². The maximum absolute atomic E-state index is 11.9. The minimum absolute atomic E-state index is 0.309. The highest BCUT2D eigenvalue weighted by molar-refractivity contribution is 6.06. The van der Waals surface area contributed by atoms with Crippen LogP contribution in [0, 0.1) is 0 Å². The van der Waals surface area contributed by atoms with Crippen LogP contribution in [-0.2, 0) is 19.1 Å². The van der Waals surface area contributed by atoms with E-state index in [4.69, 9.17) is 0 Å². The fourth-order valence-electron chi connectivity index (χ4n) is 1.67. The molecule has 0 aliphatic carbocycles. The molecule has 3 amide bonds. The third-order valence-electron chi connectivity index (χ3n) is 2.81. The van der Waals surface area contributed by atoms with Gasteiger partial charge >= 0.3 is 6.18 Å². The van der Waals surface area contributed by atoms with Crippen LogP contribution in [-0.4, -0.2) is 54.1 Å². The first-order chi connectivity index (χ1) is 9.04. The van der Waals surface area contributed by atoms with Crippen molar-refractivity contribution in [2.24, 2.45) is 0 Å². The van der Waals surface area contributed by atoms with E-state index in [1.54, 1.807) is 0 Å². The predicted octanol–water partition coefficient (Wildman–Crippen LogP) is 0.219. The molecule has 0 aromatic rings. The Morgan fingerprint density at radius 2 is 2.00 bits per heavy atom. The van der Waals surface area contributed by atoms with Gasteiger partial charge < -0.3 is 9.64 Å². The number of hydrogen-bond acceptors (Lipinski definition) is 4. The van der Waals surface area contributed by atoms with Gasteiger partial charge in [-0.05, 0) is 13.8 Å². The van der Waals surface area contributed by atoms with Crippen molar-refractivity contribution in [3.63, 3.8) is 0 Å².